The minimum atomic E-state index is -0.246. The number of fused-ring (bicyclic) bond motifs is 1. The van der Waals surface area contributed by atoms with Gasteiger partial charge in [0.05, 0.1) is 5.57 Å². The van der Waals surface area contributed by atoms with Crippen molar-refractivity contribution < 1.29 is 14.3 Å². The largest absolute Gasteiger partial charge is 0.488 e. The molecule has 3 aromatic carbocycles. The quantitative estimate of drug-likeness (QED) is 0.415. The fourth-order valence-electron chi connectivity index (χ4n) is 3.06. The summed E-state index contributed by atoms with van der Waals surface area (Å²) in [7, 11) is 0. The number of benzene rings is 3. The van der Waals surface area contributed by atoms with Gasteiger partial charge >= 0.3 is 0 Å². The monoisotopic (exact) mass is 418 g/mol. The van der Waals surface area contributed by atoms with Crippen LogP contribution in [0, 0.1) is 0 Å². The zero-order valence-electron chi connectivity index (χ0n) is 14.3. The Balaban J connectivity index is 1.68. The second kappa shape index (κ2) is 7.33. The Morgan fingerprint density at radius 2 is 1.44 bits per heavy atom. The highest BCUT2D eigenvalue weighted by Crippen LogP contribution is 2.31. The van der Waals surface area contributed by atoms with E-state index in [4.69, 9.17) is 4.74 Å². The first-order valence-electron chi connectivity index (χ1n) is 8.50. The highest BCUT2D eigenvalue weighted by Gasteiger charge is 2.32. The Kier molecular flexibility index (Phi) is 4.73. The molecule has 4 heteroatoms. The van der Waals surface area contributed by atoms with E-state index < -0.39 is 0 Å². The maximum Gasteiger partial charge on any atom is 0.197 e. The van der Waals surface area contributed by atoms with Gasteiger partial charge in [-0.05, 0) is 29.8 Å². The summed E-state index contributed by atoms with van der Waals surface area (Å²) in [5, 5.41) is 0. The summed E-state index contributed by atoms with van der Waals surface area (Å²) in [6, 6.07) is 22.3. The van der Waals surface area contributed by atoms with E-state index in [1.165, 1.54) is 0 Å². The molecule has 0 amide bonds. The molecule has 3 aromatic rings. The minimum absolute atomic E-state index is 0.166. The van der Waals surface area contributed by atoms with Gasteiger partial charge < -0.3 is 4.74 Å². The van der Waals surface area contributed by atoms with E-state index in [2.05, 4.69) is 15.9 Å². The summed E-state index contributed by atoms with van der Waals surface area (Å²) in [5.41, 5.74) is 2.80. The van der Waals surface area contributed by atoms with Crippen LogP contribution in [0.3, 0.4) is 0 Å². The van der Waals surface area contributed by atoms with Crippen LogP contribution in [0.2, 0.25) is 0 Å². The number of rotatable bonds is 4. The van der Waals surface area contributed by atoms with E-state index in [9.17, 15) is 9.59 Å². The fourth-order valence-corrected chi connectivity index (χ4v) is 3.44. The predicted molar refractivity (Wildman–Crippen MR) is 108 cm³/mol. The molecule has 132 valence electrons. The van der Waals surface area contributed by atoms with Gasteiger partial charge in [0.1, 0.15) is 12.4 Å². The van der Waals surface area contributed by atoms with Crippen LogP contribution in [0.15, 0.2) is 82.8 Å². The van der Waals surface area contributed by atoms with Crippen molar-refractivity contribution in [2.45, 2.75) is 6.61 Å². The summed E-state index contributed by atoms with van der Waals surface area (Å²) in [6.07, 6.45) is 1.62. The number of ketones is 2. The van der Waals surface area contributed by atoms with Crippen LogP contribution in [0.25, 0.3) is 6.08 Å². The van der Waals surface area contributed by atoms with Crippen molar-refractivity contribution >= 4 is 33.6 Å². The molecule has 0 atom stereocenters. The predicted octanol–water partition coefficient (Wildman–Crippen LogP) is 5.49. The molecule has 0 radical (unpaired) electrons. The number of carbonyl (C=O) groups excluding carboxylic acids is 2. The molecule has 0 heterocycles. The van der Waals surface area contributed by atoms with Crippen LogP contribution in [0.5, 0.6) is 5.75 Å². The summed E-state index contributed by atoms with van der Waals surface area (Å²) >= 11 is 3.45. The molecule has 4 rings (SSSR count). The van der Waals surface area contributed by atoms with Gasteiger partial charge in [-0.25, -0.2) is 0 Å². The lowest BCUT2D eigenvalue weighted by molar-refractivity contribution is 0.0990. The van der Waals surface area contributed by atoms with E-state index >= 15 is 0 Å². The number of hydrogen-bond acceptors (Lipinski definition) is 3. The number of carbonyl (C=O) groups is 2. The Morgan fingerprint density at radius 3 is 2.11 bits per heavy atom. The van der Waals surface area contributed by atoms with Crippen molar-refractivity contribution in [2.75, 3.05) is 0 Å². The lowest BCUT2D eigenvalue weighted by Crippen LogP contribution is -2.02. The molecule has 0 fully saturated rings. The van der Waals surface area contributed by atoms with Crippen molar-refractivity contribution in [1.29, 1.82) is 0 Å². The molecule has 0 N–H and O–H groups in total. The Hall–Kier alpha value is -2.98. The summed E-state index contributed by atoms with van der Waals surface area (Å²) < 4.78 is 6.79. The molecule has 3 nitrogen and oxygen atoms in total. The van der Waals surface area contributed by atoms with E-state index in [1.807, 2.05) is 48.5 Å². The normalized spacial score (nSPS) is 12.9. The summed E-state index contributed by atoms with van der Waals surface area (Å²) in [4.78, 5) is 25.3. The van der Waals surface area contributed by atoms with Gasteiger partial charge in [0.25, 0.3) is 0 Å². The molecule has 0 bridgehead atoms. The number of hydrogen-bond donors (Lipinski definition) is 0. The summed E-state index contributed by atoms with van der Waals surface area (Å²) in [5.74, 6) is 0.125. The average Bonchev–Trinajstić information content (AvgIpc) is 2.93. The van der Waals surface area contributed by atoms with Gasteiger partial charge in [-0.15, -0.1) is 0 Å². The third-order valence-electron chi connectivity index (χ3n) is 4.41. The molecule has 27 heavy (non-hydrogen) atoms. The highest BCUT2D eigenvalue weighted by atomic mass is 79.9. The Morgan fingerprint density at radius 1 is 0.815 bits per heavy atom. The SMILES string of the molecule is O=C1C(=Cc2cc(Br)ccc2OCc2ccccc2)C(=O)c2ccccc21. The number of Topliss-reactive ketones (excluding diaryl/α,β-unsaturated/α-hetero) is 2. The van der Waals surface area contributed by atoms with Crippen LogP contribution in [0.1, 0.15) is 31.8 Å². The van der Waals surface area contributed by atoms with Gasteiger partial charge in [-0.1, -0.05) is 70.5 Å². The maximum atomic E-state index is 12.6. The molecule has 1 aliphatic rings. The fraction of sp³-hybridized carbons (Fsp3) is 0.0435. The second-order valence-corrected chi connectivity index (χ2v) is 7.13. The van der Waals surface area contributed by atoms with E-state index in [0.29, 0.717) is 29.0 Å². The maximum absolute atomic E-state index is 12.6. The van der Waals surface area contributed by atoms with Gasteiger partial charge in [0.2, 0.25) is 0 Å². The molecule has 0 aromatic heterocycles. The topological polar surface area (TPSA) is 43.4 Å². The first kappa shape index (κ1) is 17.4. The summed E-state index contributed by atoms with van der Waals surface area (Å²) in [6.45, 7) is 0.404. The van der Waals surface area contributed by atoms with Crippen molar-refractivity contribution in [1.82, 2.24) is 0 Å². The van der Waals surface area contributed by atoms with E-state index in [1.54, 1.807) is 30.3 Å². The molecule has 0 spiro atoms. The lowest BCUT2D eigenvalue weighted by Gasteiger charge is -2.10. The third kappa shape index (κ3) is 3.49. The highest BCUT2D eigenvalue weighted by molar-refractivity contribution is 9.10. The Labute approximate surface area is 165 Å². The van der Waals surface area contributed by atoms with Crippen LogP contribution >= 0.6 is 15.9 Å². The van der Waals surface area contributed by atoms with E-state index in [-0.39, 0.29) is 17.1 Å². The molecule has 0 saturated heterocycles. The van der Waals surface area contributed by atoms with Crippen LogP contribution in [-0.2, 0) is 6.61 Å². The average molecular weight is 419 g/mol. The number of allylic oxidation sites excluding steroid dienone is 1. The lowest BCUT2D eigenvalue weighted by atomic mass is 10.1. The smallest absolute Gasteiger partial charge is 0.197 e. The number of halogens is 1. The Bertz CT molecular complexity index is 1030. The molecular weight excluding hydrogens is 404 g/mol. The van der Waals surface area contributed by atoms with Gasteiger partial charge in [0, 0.05) is 21.2 Å². The third-order valence-corrected chi connectivity index (χ3v) is 4.91. The van der Waals surface area contributed by atoms with Gasteiger partial charge in [0.15, 0.2) is 11.6 Å². The molecule has 1 aliphatic carbocycles. The first-order valence-corrected chi connectivity index (χ1v) is 9.29. The van der Waals surface area contributed by atoms with Crippen LogP contribution < -0.4 is 4.74 Å². The first-order chi connectivity index (χ1) is 13.1. The molecule has 0 unspecified atom stereocenters. The van der Waals surface area contributed by atoms with Crippen molar-refractivity contribution in [2.24, 2.45) is 0 Å². The van der Waals surface area contributed by atoms with Crippen LogP contribution in [-0.4, -0.2) is 11.6 Å². The standard InChI is InChI=1S/C23H15BrO3/c24-17-10-11-21(27-14-15-6-2-1-3-7-15)16(12-17)13-20-22(25)18-8-4-5-9-19(18)23(20)26/h1-13H,14H2. The molecule has 0 aliphatic heterocycles. The van der Waals surface area contributed by atoms with Crippen molar-refractivity contribution in [3.8, 4) is 5.75 Å². The molecule has 0 saturated carbocycles. The second-order valence-electron chi connectivity index (χ2n) is 6.22. The minimum Gasteiger partial charge on any atom is -0.488 e. The van der Waals surface area contributed by atoms with Gasteiger partial charge in [-0.2, -0.15) is 0 Å². The van der Waals surface area contributed by atoms with Crippen LogP contribution in [0.4, 0.5) is 0 Å². The van der Waals surface area contributed by atoms with Crippen molar-refractivity contribution in [3.05, 3.63) is 105 Å². The molecular formula is C23H15BrO3. The van der Waals surface area contributed by atoms with Crippen molar-refractivity contribution in [3.63, 3.8) is 0 Å². The zero-order chi connectivity index (χ0) is 18.8. The number of ether oxygens (including phenoxy) is 1. The zero-order valence-corrected chi connectivity index (χ0v) is 15.9. The van der Waals surface area contributed by atoms with Gasteiger partial charge in [-0.3, -0.25) is 9.59 Å². The van der Waals surface area contributed by atoms with E-state index in [0.717, 1.165) is 10.0 Å².